The molecule has 0 bridgehead atoms. The highest BCUT2D eigenvalue weighted by Gasteiger charge is 2.28. The molecule has 1 aliphatic rings. The fourth-order valence-corrected chi connectivity index (χ4v) is 3.47. The second kappa shape index (κ2) is 5.10. The summed E-state index contributed by atoms with van der Waals surface area (Å²) in [6.07, 6.45) is 3.64. The van der Waals surface area contributed by atoms with Crippen LogP contribution in [-0.4, -0.2) is 35.7 Å². The van der Waals surface area contributed by atoms with Crippen LogP contribution in [0.15, 0.2) is 17.2 Å². The average molecular weight is 286 g/mol. The lowest BCUT2D eigenvalue weighted by Crippen LogP contribution is -2.35. The zero-order valence-corrected chi connectivity index (χ0v) is 11.0. The smallest absolute Gasteiger partial charge is 0.312 e. The Morgan fingerprint density at radius 1 is 1.32 bits per heavy atom. The number of hydrogen-bond acceptors (Lipinski definition) is 6. The van der Waals surface area contributed by atoms with Crippen LogP contribution in [0.5, 0.6) is 0 Å². The van der Waals surface area contributed by atoms with Crippen molar-refractivity contribution in [1.29, 1.82) is 0 Å². The van der Waals surface area contributed by atoms with E-state index in [9.17, 15) is 18.5 Å². The minimum Gasteiger partial charge on any atom is -0.378 e. The van der Waals surface area contributed by atoms with Crippen molar-refractivity contribution in [2.45, 2.75) is 24.2 Å². The zero-order valence-electron chi connectivity index (χ0n) is 10.2. The number of hydrogen-bond donors (Lipinski definition) is 1. The van der Waals surface area contributed by atoms with Gasteiger partial charge < -0.3 is 5.73 Å². The number of aromatic nitrogens is 1. The normalized spacial score (nSPS) is 17.3. The molecule has 104 valence electrons. The van der Waals surface area contributed by atoms with Gasteiger partial charge in [0.05, 0.1) is 4.92 Å². The molecule has 2 rings (SSSR count). The van der Waals surface area contributed by atoms with Gasteiger partial charge in [-0.3, -0.25) is 10.1 Å². The van der Waals surface area contributed by atoms with Crippen LogP contribution < -0.4 is 5.73 Å². The third-order valence-corrected chi connectivity index (χ3v) is 4.89. The SMILES string of the molecule is Nc1ncc(S(=O)(=O)N2CCCCC2)cc1[N+](=O)[O-]. The maximum atomic E-state index is 12.3. The molecule has 9 heteroatoms. The van der Waals surface area contributed by atoms with Crippen LogP contribution >= 0.6 is 0 Å². The Morgan fingerprint density at radius 2 is 1.95 bits per heavy atom. The summed E-state index contributed by atoms with van der Waals surface area (Å²) in [5, 5.41) is 10.8. The van der Waals surface area contributed by atoms with Crippen molar-refractivity contribution < 1.29 is 13.3 Å². The zero-order chi connectivity index (χ0) is 14.0. The minimum absolute atomic E-state index is 0.185. The molecule has 0 aliphatic carbocycles. The van der Waals surface area contributed by atoms with Gasteiger partial charge in [0.15, 0.2) is 0 Å². The van der Waals surface area contributed by atoms with Crippen LogP contribution in [-0.2, 0) is 10.0 Å². The average Bonchev–Trinajstić information content (AvgIpc) is 2.39. The molecule has 1 aromatic heterocycles. The molecule has 2 heterocycles. The molecule has 1 fully saturated rings. The summed E-state index contributed by atoms with van der Waals surface area (Å²) in [5.41, 5.74) is 4.86. The van der Waals surface area contributed by atoms with Gasteiger partial charge in [0.25, 0.3) is 0 Å². The number of nitrogens with zero attached hydrogens (tertiary/aromatic N) is 3. The number of nitrogen functional groups attached to an aromatic ring is 1. The Labute approximate surface area is 110 Å². The van der Waals surface area contributed by atoms with Gasteiger partial charge in [-0.05, 0) is 12.8 Å². The second-order valence-electron chi connectivity index (χ2n) is 4.30. The van der Waals surface area contributed by atoms with Crippen molar-refractivity contribution in [3.8, 4) is 0 Å². The van der Waals surface area contributed by atoms with Gasteiger partial charge in [-0.2, -0.15) is 4.31 Å². The number of rotatable bonds is 3. The first-order chi connectivity index (χ1) is 8.93. The molecule has 1 aliphatic heterocycles. The standard InChI is InChI=1S/C10H14N4O4S/c11-10-9(14(15)16)6-8(7-12-10)19(17,18)13-4-2-1-3-5-13/h6-7H,1-5H2,(H2,11,12). The topological polar surface area (TPSA) is 119 Å². The summed E-state index contributed by atoms with van der Waals surface area (Å²) in [6.45, 7) is 0.862. The number of nitro groups is 1. The molecule has 0 aromatic carbocycles. The molecule has 0 atom stereocenters. The van der Waals surface area contributed by atoms with Crippen LogP contribution in [0.1, 0.15) is 19.3 Å². The van der Waals surface area contributed by atoms with Gasteiger partial charge in [0, 0.05) is 25.4 Å². The van der Waals surface area contributed by atoms with Gasteiger partial charge in [0.1, 0.15) is 4.90 Å². The predicted molar refractivity (Wildman–Crippen MR) is 67.9 cm³/mol. The molecular formula is C10H14N4O4S. The summed E-state index contributed by atoms with van der Waals surface area (Å²) < 4.78 is 25.9. The van der Waals surface area contributed by atoms with E-state index < -0.39 is 20.6 Å². The van der Waals surface area contributed by atoms with Crippen molar-refractivity contribution in [2.75, 3.05) is 18.8 Å². The molecule has 8 nitrogen and oxygen atoms in total. The lowest BCUT2D eigenvalue weighted by Gasteiger charge is -2.25. The van der Waals surface area contributed by atoms with Gasteiger partial charge in [-0.1, -0.05) is 6.42 Å². The lowest BCUT2D eigenvalue weighted by molar-refractivity contribution is -0.384. The van der Waals surface area contributed by atoms with Crippen molar-refractivity contribution in [3.05, 3.63) is 22.4 Å². The highest BCUT2D eigenvalue weighted by Crippen LogP contribution is 2.25. The molecule has 1 aromatic rings. The van der Waals surface area contributed by atoms with Crippen LogP contribution in [0, 0.1) is 10.1 Å². The molecular weight excluding hydrogens is 272 g/mol. The predicted octanol–water partition coefficient (Wildman–Crippen LogP) is 0.747. The summed E-state index contributed by atoms with van der Waals surface area (Å²) in [7, 11) is -3.72. The van der Waals surface area contributed by atoms with Crippen LogP contribution in [0.4, 0.5) is 11.5 Å². The molecule has 19 heavy (non-hydrogen) atoms. The maximum Gasteiger partial charge on any atom is 0.312 e. The fourth-order valence-electron chi connectivity index (χ4n) is 1.99. The van der Waals surface area contributed by atoms with E-state index in [0.29, 0.717) is 13.1 Å². The largest absolute Gasteiger partial charge is 0.378 e. The third kappa shape index (κ3) is 2.66. The summed E-state index contributed by atoms with van der Waals surface area (Å²) in [5.74, 6) is -0.289. The Morgan fingerprint density at radius 3 is 2.53 bits per heavy atom. The second-order valence-corrected chi connectivity index (χ2v) is 6.24. The summed E-state index contributed by atoms with van der Waals surface area (Å²) in [4.78, 5) is 13.4. The highest BCUT2D eigenvalue weighted by molar-refractivity contribution is 7.89. The van der Waals surface area contributed by atoms with E-state index >= 15 is 0 Å². The van der Waals surface area contributed by atoms with Crippen molar-refractivity contribution >= 4 is 21.5 Å². The van der Waals surface area contributed by atoms with E-state index in [1.165, 1.54) is 4.31 Å². The van der Waals surface area contributed by atoms with E-state index in [1.807, 2.05) is 0 Å². The van der Waals surface area contributed by atoms with Crippen molar-refractivity contribution in [3.63, 3.8) is 0 Å². The summed E-state index contributed by atoms with van der Waals surface area (Å²) >= 11 is 0. The Bertz CT molecular complexity index is 596. The van der Waals surface area contributed by atoms with Crippen LogP contribution in [0.3, 0.4) is 0 Å². The molecule has 0 radical (unpaired) electrons. The highest BCUT2D eigenvalue weighted by atomic mass is 32.2. The lowest BCUT2D eigenvalue weighted by atomic mass is 10.2. The minimum atomic E-state index is -3.72. The molecule has 2 N–H and O–H groups in total. The first-order valence-electron chi connectivity index (χ1n) is 5.83. The third-order valence-electron chi connectivity index (χ3n) is 3.02. The van der Waals surface area contributed by atoms with E-state index in [1.54, 1.807) is 0 Å². The molecule has 0 spiro atoms. The first-order valence-corrected chi connectivity index (χ1v) is 7.27. The first kappa shape index (κ1) is 13.7. The molecule has 0 amide bonds. The van der Waals surface area contributed by atoms with E-state index in [4.69, 9.17) is 5.73 Å². The number of piperidine rings is 1. The van der Waals surface area contributed by atoms with Gasteiger partial charge in [0.2, 0.25) is 15.8 Å². The van der Waals surface area contributed by atoms with E-state index in [0.717, 1.165) is 31.5 Å². The van der Waals surface area contributed by atoms with Gasteiger partial charge in [-0.25, -0.2) is 13.4 Å². The maximum absolute atomic E-state index is 12.3. The van der Waals surface area contributed by atoms with Gasteiger partial charge in [-0.15, -0.1) is 0 Å². The quantitative estimate of drug-likeness (QED) is 0.646. The van der Waals surface area contributed by atoms with E-state index in [2.05, 4.69) is 4.98 Å². The fraction of sp³-hybridized carbons (Fsp3) is 0.500. The number of nitrogens with two attached hydrogens (primary N) is 1. The Hall–Kier alpha value is -1.74. The number of anilines is 1. The van der Waals surface area contributed by atoms with Gasteiger partial charge >= 0.3 is 5.69 Å². The van der Waals surface area contributed by atoms with Crippen molar-refractivity contribution in [1.82, 2.24) is 9.29 Å². The monoisotopic (exact) mass is 286 g/mol. The molecule has 0 saturated carbocycles. The van der Waals surface area contributed by atoms with Crippen LogP contribution in [0.2, 0.25) is 0 Å². The van der Waals surface area contributed by atoms with Crippen LogP contribution in [0.25, 0.3) is 0 Å². The number of sulfonamides is 1. The number of pyridine rings is 1. The Balaban J connectivity index is 2.40. The molecule has 0 unspecified atom stereocenters. The summed E-state index contributed by atoms with van der Waals surface area (Å²) in [6, 6.07) is 0.965. The van der Waals surface area contributed by atoms with Crippen molar-refractivity contribution in [2.24, 2.45) is 0 Å². The molecule has 1 saturated heterocycles. The van der Waals surface area contributed by atoms with E-state index in [-0.39, 0.29) is 10.7 Å². The Kier molecular flexibility index (Phi) is 3.67.